The van der Waals surface area contributed by atoms with Crippen LogP contribution in [0.3, 0.4) is 0 Å². The smallest absolute Gasteiger partial charge is 0.318 e. The highest BCUT2D eigenvalue weighted by Gasteiger charge is 2.29. The molecule has 5 rings (SSSR count). The summed E-state index contributed by atoms with van der Waals surface area (Å²) in [5.74, 6) is 3.86. The van der Waals surface area contributed by atoms with Gasteiger partial charge in [-0.1, -0.05) is 35.9 Å². The molecule has 2 aliphatic rings. The number of piperazine rings is 1. The molecule has 0 radical (unpaired) electrons. The summed E-state index contributed by atoms with van der Waals surface area (Å²) in [6.07, 6.45) is -2.09. The van der Waals surface area contributed by atoms with E-state index >= 15 is 0 Å². The molecule has 2 aliphatic heterocycles. The second kappa shape index (κ2) is 10.2. The van der Waals surface area contributed by atoms with Crippen molar-refractivity contribution < 1.29 is 18.3 Å². The predicted molar refractivity (Wildman–Crippen MR) is 135 cm³/mol. The zero-order valence-corrected chi connectivity index (χ0v) is 20.4. The number of ether oxygens (including phenoxy) is 1. The summed E-state index contributed by atoms with van der Waals surface area (Å²) in [4.78, 5) is 27.3. The molecule has 1 fully saturated rings. The molecule has 1 saturated heterocycles. The summed E-state index contributed by atoms with van der Waals surface area (Å²) in [5, 5.41) is 2.81. The highest BCUT2D eigenvalue weighted by molar-refractivity contribution is 6.36. The van der Waals surface area contributed by atoms with E-state index in [1.165, 1.54) is 12.0 Å². The van der Waals surface area contributed by atoms with Gasteiger partial charge in [0, 0.05) is 55.3 Å². The zero-order chi connectivity index (χ0) is 25.2. The van der Waals surface area contributed by atoms with Crippen molar-refractivity contribution in [2.24, 2.45) is 0 Å². The Morgan fingerprint density at radius 2 is 1.81 bits per heavy atom. The number of anilines is 2. The molecule has 0 spiro atoms. The van der Waals surface area contributed by atoms with Crippen LogP contribution in [0.15, 0.2) is 36.4 Å². The lowest BCUT2D eigenvalue weighted by Gasteiger charge is -2.37. The molecule has 0 atom stereocenters. The zero-order valence-electron chi connectivity index (χ0n) is 19.7. The van der Waals surface area contributed by atoms with Gasteiger partial charge in [0.15, 0.2) is 0 Å². The fourth-order valence-electron chi connectivity index (χ4n) is 4.80. The lowest BCUT2D eigenvalue weighted by Crippen LogP contribution is -2.49. The number of nitrogens with zero attached hydrogens (tertiary/aromatic N) is 5. The first-order chi connectivity index (χ1) is 17.4. The Bertz CT molecular complexity index is 1360. The Morgan fingerprint density at radius 1 is 1.06 bits per heavy atom. The second-order valence-corrected chi connectivity index (χ2v) is 9.00. The van der Waals surface area contributed by atoms with Crippen molar-refractivity contribution in [3.63, 3.8) is 0 Å². The van der Waals surface area contributed by atoms with Gasteiger partial charge in [-0.15, -0.1) is 0 Å². The average Bonchev–Trinajstić information content (AvgIpc) is 2.90. The van der Waals surface area contributed by atoms with Crippen LogP contribution in [0.1, 0.15) is 11.3 Å². The van der Waals surface area contributed by atoms with Crippen molar-refractivity contribution in [2.45, 2.75) is 19.4 Å². The summed E-state index contributed by atoms with van der Waals surface area (Å²) in [7, 11) is 1.54. The lowest BCUT2D eigenvalue weighted by molar-refractivity contribution is -0.125. The molecule has 1 aromatic heterocycles. The molecular weight excluding hydrogens is 488 g/mol. The first-order valence-corrected chi connectivity index (χ1v) is 12.0. The van der Waals surface area contributed by atoms with Gasteiger partial charge in [-0.3, -0.25) is 4.79 Å². The van der Waals surface area contributed by atoms with Crippen molar-refractivity contribution in [3.8, 4) is 17.9 Å². The molecule has 0 N–H and O–H groups in total. The number of methoxy groups -OCH3 is 1. The van der Waals surface area contributed by atoms with E-state index in [1.54, 1.807) is 5.92 Å². The van der Waals surface area contributed by atoms with Crippen LogP contribution in [0, 0.1) is 11.8 Å². The van der Waals surface area contributed by atoms with Crippen LogP contribution >= 0.6 is 11.6 Å². The third-order valence-corrected chi connectivity index (χ3v) is 6.85. The van der Waals surface area contributed by atoms with Crippen LogP contribution in [0.2, 0.25) is 5.02 Å². The fraction of sp³-hybridized carbons (Fsp3) is 0.346. The minimum atomic E-state index is -2.82. The van der Waals surface area contributed by atoms with Crippen molar-refractivity contribution in [2.75, 3.05) is 49.6 Å². The number of carbonyl (C=O) groups excluding carboxylic acids is 1. The van der Waals surface area contributed by atoms with Crippen molar-refractivity contribution in [1.82, 2.24) is 14.9 Å². The predicted octanol–water partition coefficient (Wildman–Crippen LogP) is 3.77. The summed E-state index contributed by atoms with van der Waals surface area (Å²) < 4.78 is 30.1. The number of fused-ring (bicyclic) bond motifs is 2. The molecule has 10 heteroatoms. The van der Waals surface area contributed by atoms with E-state index in [0.29, 0.717) is 37.7 Å². The second-order valence-electron chi connectivity index (χ2n) is 8.60. The van der Waals surface area contributed by atoms with Crippen molar-refractivity contribution >= 4 is 39.8 Å². The Labute approximate surface area is 212 Å². The molecule has 186 valence electrons. The van der Waals surface area contributed by atoms with Crippen LogP contribution in [0.25, 0.3) is 10.8 Å². The van der Waals surface area contributed by atoms with Gasteiger partial charge < -0.3 is 19.4 Å². The molecule has 2 aromatic carbocycles. The first-order valence-electron chi connectivity index (χ1n) is 11.6. The number of benzene rings is 2. The molecule has 0 saturated carbocycles. The number of alkyl halides is 2. The highest BCUT2D eigenvalue weighted by atomic mass is 35.5. The number of rotatable bonds is 3. The maximum absolute atomic E-state index is 12.3. The van der Waals surface area contributed by atoms with Gasteiger partial charge in [0.05, 0.1) is 24.4 Å². The lowest BCUT2D eigenvalue weighted by atomic mass is 10.0. The third kappa shape index (κ3) is 4.73. The van der Waals surface area contributed by atoms with Gasteiger partial charge >= 0.3 is 6.01 Å². The molecule has 0 aliphatic carbocycles. The average molecular weight is 512 g/mol. The first kappa shape index (κ1) is 24.1. The van der Waals surface area contributed by atoms with E-state index in [-0.39, 0.29) is 6.01 Å². The molecule has 7 nitrogen and oxygen atoms in total. The van der Waals surface area contributed by atoms with E-state index in [9.17, 15) is 13.6 Å². The number of carbonyl (C=O) groups is 1. The van der Waals surface area contributed by atoms with Gasteiger partial charge in [0.2, 0.25) is 0 Å². The topological polar surface area (TPSA) is 61.8 Å². The summed E-state index contributed by atoms with van der Waals surface area (Å²) in [5.41, 5.74) is 2.99. The Kier molecular flexibility index (Phi) is 6.79. The molecular formula is C26H24ClF2N5O2. The van der Waals surface area contributed by atoms with Gasteiger partial charge in [-0.25, -0.2) is 0 Å². The Balaban J connectivity index is 1.40. The van der Waals surface area contributed by atoms with Crippen LogP contribution in [-0.4, -0.2) is 67.0 Å². The molecule has 0 bridgehead atoms. The van der Waals surface area contributed by atoms with Gasteiger partial charge in [0.1, 0.15) is 5.82 Å². The quantitative estimate of drug-likeness (QED) is 0.499. The van der Waals surface area contributed by atoms with Gasteiger partial charge in [-0.05, 0) is 29.9 Å². The minimum absolute atomic E-state index is 0.280. The third-order valence-electron chi connectivity index (χ3n) is 6.53. The molecule has 36 heavy (non-hydrogen) atoms. The standard InChI is InChI=1S/C26H24ClF2N5O2/c1-36-26-30-20-16-34(21-7-3-5-17-4-2-6-19(27)24(17)21)11-10-18(20)25(31-26)33-14-12-32(13-15-33)23(35)9-8-22(28)29/h2-7,22H,10-16H2,1H3. The minimum Gasteiger partial charge on any atom is -0.467 e. The Hall–Kier alpha value is -3.64. The van der Waals surface area contributed by atoms with Crippen LogP contribution in [0.5, 0.6) is 6.01 Å². The number of halogens is 3. The highest BCUT2D eigenvalue weighted by Crippen LogP contribution is 2.37. The molecule has 3 heterocycles. The largest absolute Gasteiger partial charge is 0.467 e. The normalized spacial score (nSPS) is 15.5. The van der Waals surface area contributed by atoms with E-state index in [4.69, 9.17) is 16.3 Å². The van der Waals surface area contributed by atoms with Crippen LogP contribution < -0.4 is 14.5 Å². The van der Waals surface area contributed by atoms with Crippen molar-refractivity contribution in [1.29, 1.82) is 0 Å². The SMILES string of the molecule is COc1nc2c(c(N3CCN(C(=O)C#CC(F)F)CC3)n1)CCN(c1cccc3cccc(Cl)c13)C2. The molecule has 1 amide bonds. The summed E-state index contributed by atoms with van der Waals surface area (Å²) in [6, 6.07) is 12.3. The number of hydrogen-bond acceptors (Lipinski definition) is 6. The molecule has 0 unspecified atom stereocenters. The Morgan fingerprint density at radius 3 is 2.53 bits per heavy atom. The van der Waals surface area contributed by atoms with Crippen LogP contribution in [0.4, 0.5) is 20.3 Å². The van der Waals surface area contributed by atoms with E-state index in [0.717, 1.165) is 46.5 Å². The molecule has 3 aromatic rings. The number of hydrogen-bond donors (Lipinski definition) is 0. The van der Waals surface area contributed by atoms with E-state index < -0.39 is 12.3 Å². The maximum Gasteiger partial charge on any atom is 0.318 e. The van der Waals surface area contributed by atoms with Crippen molar-refractivity contribution in [3.05, 3.63) is 52.7 Å². The number of aromatic nitrogens is 2. The van der Waals surface area contributed by atoms with E-state index in [2.05, 4.69) is 38.0 Å². The fourth-order valence-corrected chi connectivity index (χ4v) is 5.08. The van der Waals surface area contributed by atoms with E-state index in [1.807, 2.05) is 24.1 Å². The maximum atomic E-state index is 12.3. The summed E-state index contributed by atoms with van der Waals surface area (Å²) >= 11 is 6.57. The van der Waals surface area contributed by atoms with Crippen LogP contribution in [-0.2, 0) is 17.8 Å². The van der Waals surface area contributed by atoms with Gasteiger partial charge in [0.25, 0.3) is 12.3 Å². The summed E-state index contributed by atoms with van der Waals surface area (Å²) in [6.45, 7) is 3.11. The number of amides is 1. The van der Waals surface area contributed by atoms with Gasteiger partial charge in [-0.2, -0.15) is 18.7 Å². The monoisotopic (exact) mass is 511 g/mol.